The zero-order chi connectivity index (χ0) is 15.6. The molecule has 0 spiro atoms. The third-order valence-electron chi connectivity index (χ3n) is 4.27. The number of nitrogens with one attached hydrogen (secondary N) is 2. The third kappa shape index (κ3) is 5.97. The number of piperidine rings is 1. The van der Waals surface area contributed by atoms with E-state index in [0.717, 1.165) is 31.4 Å². The third-order valence-corrected chi connectivity index (χ3v) is 5.21. The van der Waals surface area contributed by atoms with Gasteiger partial charge in [-0.25, -0.2) is 0 Å². The van der Waals surface area contributed by atoms with Gasteiger partial charge < -0.3 is 15.5 Å². The summed E-state index contributed by atoms with van der Waals surface area (Å²) in [6.45, 7) is 8.01. The van der Waals surface area contributed by atoms with Crippen LogP contribution < -0.4 is 10.6 Å². The average Bonchev–Trinajstić information content (AvgIpc) is 3.06. The molecule has 0 amide bonds. The van der Waals surface area contributed by atoms with E-state index in [9.17, 15) is 0 Å². The maximum absolute atomic E-state index is 4.32. The second-order valence-corrected chi connectivity index (χ2v) is 7.03. The van der Waals surface area contributed by atoms with Crippen molar-refractivity contribution < 1.29 is 0 Å². The summed E-state index contributed by atoms with van der Waals surface area (Å²) in [4.78, 5) is 8.33. The first-order chi connectivity index (χ1) is 10.8. The average molecular weight is 323 g/mol. The van der Waals surface area contributed by atoms with Gasteiger partial charge in [0.05, 0.1) is 0 Å². The molecule has 5 heteroatoms. The molecule has 124 valence electrons. The Morgan fingerprint density at radius 1 is 1.36 bits per heavy atom. The van der Waals surface area contributed by atoms with Crippen LogP contribution in [-0.4, -0.2) is 50.6 Å². The molecule has 0 unspecified atom stereocenters. The fourth-order valence-corrected chi connectivity index (χ4v) is 3.66. The lowest BCUT2D eigenvalue weighted by molar-refractivity contribution is 0.185. The molecule has 1 aliphatic rings. The standard InChI is InChI=1S/C17H30N4S/c1-3-10-21-11-7-15(8-12-21)14-20-17(18-2)19-9-6-16-5-4-13-22-16/h4-5,13,15H,3,6-12,14H2,1-2H3,(H2,18,19,20). The molecule has 0 aliphatic carbocycles. The number of hydrogen-bond donors (Lipinski definition) is 2. The van der Waals surface area contributed by atoms with Gasteiger partial charge in [0.25, 0.3) is 0 Å². The van der Waals surface area contributed by atoms with Crippen molar-refractivity contribution in [2.75, 3.05) is 39.8 Å². The smallest absolute Gasteiger partial charge is 0.190 e. The maximum Gasteiger partial charge on any atom is 0.190 e. The van der Waals surface area contributed by atoms with Crippen LogP contribution >= 0.6 is 11.3 Å². The molecule has 1 aliphatic heterocycles. The Hall–Kier alpha value is -1.07. The minimum Gasteiger partial charge on any atom is -0.356 e. The maximum atomic E-state index is 4.32. The van der Waals surface area contributed by atoms with Crippen molar-refractivity contribution in [3.8, 4) is 0 Å². The van der Waals surface area contributed by atoms with Crippen LogP contribution in [0.15, 0.2) is 22.5 Å². The van der Waals surface area contributed by atoms with E-state index in [0.29, 0.717) is 0 Å². The lowest BCUT2D eigenvalue weighted by Gasteiger charge is -2.32. The second-order valence-electron chi connectivity index (χ2n) is 5.99. The summed E-state index contributed by atoms with van der Waals surface area (Å²) < 4.78 is 0. The van der Waals surface area contributed by atoms with Gasteiger partial charge in [-0.15, -0.1) is 11.3 Å². The van der Waals surface area contributed by atoms with Crippen LogP contribution in [0.4, 0.5) is 0 Å². The van der Waals surface area contributed by atoms with E-state index in [1.807, 2.05) is 18.4 Å². The highest BCUT2D eigenvalue weighted by atomic mass is 32.1. The molecule has 0 bridgehead atoms. The van der Waals surface area contributed by atoms with E-state index in [4.69, 9.17) is 0 Å². The summed E-state index contributed by atoms with van der Waals surface area (Å²) in [6.07, 6.45) is 4.94. The Kier molecular flexibility index (Phi) is 7.74. The highest BCUT2D eigenvalue weighted by Gasteiger charge is 2.18. The minimum absolute atomic E-state index is 0.781. The van der Waals surface area contributed by atoms with Crippen molar-refractivity contribution in [3.63, 3.8) is 0 Å². The van der Waals surface area contributed by atoms with Crippen molar-refractivity contribution in [1.29, 1.82) is 0 Å². The van der Waals surface area contributed by atoms with Crippen LogP contribution in [0.2, 0.25) is 0 Å². The van der Waals surface area contributed by atoms with E-state index in [1.54, 1.807) is 0 Å². The van der Waals surface area contributed by atoms with Crippen molar-refractivity contribution in [2.24, 2.45) is 10.9 Å². The number of guanidine groups is 1. The Morgan fingerprint density at radius 2 is 2.18 bits per heavy atom. The summed E-state index contributed by atoms with van der Waals surface area (Å²) in [5, 5.41) is 9.03. The van der Waals surface area contributed by atoms with Gasteiger partial charge in [-0.3, -0.25) is 4.99 Å². The van der Waals surface area contributed by atoms with Crippen LogP contribution in [0.1, 0.15) is 31.1 Å². The summed E-state index contributed by atoms with van der Waals surface area (Å²) in [6, 6.07) is 4.30. The van der Waals surface area contributed by atoms with Crippen LogP contribution in [0.25, 0.3) is 0 Å². The molecule has 22 heavy (non-hydrogen) atoms. The van der Waals surface area contributed by atoms with Gasteiger partial charge in [-0.05, 0) is 62.7 Å². The van der Waals surface area contributed by atoms with Crippen molar-refractivity contribution in [2.45, 2.75) is 32.6 Å². The first-order valence-corrected chi connectivity index (χ1v) is 9.39. The van der Waals surface area contributed by atoms with Crippen LogP contribution in [0, 0.1) is 5.92 Å². The molecule has 1 aromatic rings. The first kappa shape index (κ1) is 17.3. The normalized spacial score (nSPS) is 17.6. The number of aliphatic imine (C=N–C) groups is 1. The number of thiophene rings is 1. The summed E-state index contributed by atoms with van der Waals surface area (Å²) in [5.41, 5.74) is 0. The van der Waals surface area contributed by atoms with Crippen LogP contribution in [0.3, 0.4) is 0 Å². The Morgan fingerprint density at radius 3 is 2.82 bits per heavy atom. The highest BCUT2D eigenvalue weighted by Crippen LogP contribution is 2.16. The van der Waals surface area contributed by atoms with Crippen LogP contribution in [-0.2, 0) is 6.42 Å². The van der Waals surface area contributed by atoms with Gasteiger partial charge in [0, 0.05) is 25.0 Å². The molecule has 2 N–H and O–H groups in total. The molecule has 4 nitrogen and oxygen atoms in total. The van der Waals surface area contributed by atoms with Gasteiger partial charge in [-0.2, -0.15) is 0 Å². The zero-order valence-electron chi connectivity index (χ0n) is 14.0. The summed E-state index contributed by atoms with van der Waals surface area (Å²) in [7, 11) is 1.85. The first-order valence-electron chi connectivity index (χ1n) is 8.51. The van der Waals surface area contributed by atoms with E-state index >= 15 is 0 Å². The second kappa shape index (κ2) is 9.85. The zero-order valence-corrected chi connectivity index (χ0v) is 14.8. The van der Waals surface area contributed by atoms with Gasteiger partial charge >= 0.3 is 0 Å². The monoisotopic (exact) mass is 322 g/mol. The molecule has 1 aromatic heterocycles. The molecule has 1 fully saturated rings. The highest BCUT2D eigenvalue weighted by molar-refractivity contribution is 7.09. The SMILES string of the molecule is CCCN1CCC(CNC(=NC)NCCc2cccs2)CC1. The number of rotatable bonds is 7. The van der Waals surface area contributed by atoms with Gasteiger partial charge in [0.2, 0.25) is 0 Å². The van der Waals surface area contributed by atoms with Crippen molar-refractivity contribution in [1.82, 2.24) is 15.5 Å². The Labute approximate surface area is 139 Å². The van der Waals surface area contributed by atoms with Crippen LogP contribution in [0.5, 0.6) is 0 Å². The molecule has 0 saturated carbocycles. The topological polar surface area (TPSA) is 39.7 Å². The quantitative estimate of drug-likeness (QED) is 0.599. The van der Waals surface area contributed by atoms with Gasteiger partial charge in [-0.1, -0.05) is 13.0 Å². The van der Waals surface area contributed by atoms with Crippen molar-refractivity contribution >= 4 is 17.3 Å². The number of hydrogen-bond acceptors (Lipinski definition) is 3. The summed E-state index contributed by atoms with van der Waals surface area (Å²) >= 11 is 1.82. The minimum atomic E-state index is 0.781. The predicted molar refractivity (Wildman–Crippen MR) is 96.8 cm³/mol. The Balaban J connectivity index is 1.60. The molecule has 1 saturated heterocycles. The van der Waals surface area contributed by atoms with E-state index in [-0.39, 0.29) is 0 Å². The lowest BCUT2D eigenvalue weighted by Crippen LogP contribution is -2.43. The number of likely N-dealkylation sites (tertiary alicyclic amines) is 1. The van der Waals surface area contributed by atoms with E-state index < -0.39 is 0 Å². The lowest BCUT2D eigenvalue weighted by atomic mass is 9.97. The molecule has 0 radical (unpaired) electrons. The molecular formula is C17H30N4S. The fourth-order valence-electron chi connectivity index (χ4n) is 2.95. The largest absolute Gasteiger partial charge is 0.356 e. The molecule has 0 aromatic carbocycles. The van der Waals surface area contributed by atoms with Crippen molar-refractivity contribution in [3.05, 3.63) is 22.4 Å². The molecular weight excluding hydrogens is 292 g/mol. The Bertz CT molecular complexity index is 422. The molecule has 2 heterocycles. The van der Waals surface area contributed by atoms with E-state index in [2.05, 4.69) is 45.0 Å². The molecule has 0 atom stereocenters. The summed E-state index contributed by atoms with van der Waals surface area (Å²) in [5.74, 6) is 1.72. The number of nitrogens with zero attached hydrogens (tertiary/aromatic N) is 2. The van der Waals surface area contributed by atoms with Gasteiger partial charge in [0.1, 0.15) is 0 Å². The fraction of sp³-hybridized carbons (Fsp3) is 0.706. The molecule has 2 rings (SSSR count). The van der Waals surface area contributed by atoms with Gasteiger partial charge in [0.15, 0.2) is 5.96 Å². The van der Waals surface area contributed by atoms with E-state index in [1.165, 1.54) is 43.8 Å². The predicted octanol–water partition coefficient (Wildman–Crippen LogP) is 2.58.